The molecule has 0 aliphatic carbocycles. The Morgan fingerprint density at radius 1 is 0.704 bits per heavy atom. The molecule has 27 heavy (non-hydrogen) atoms. The molecule has 0 aliphatic heterocycles. The molecule has 0 heterocycles. The lowest BCUT2D eigenvalue weighted by molar-refractivity contribution is -0.137. The molecule has 0 amide bonds. The van der Waals surface area contributed by atoms with Gasteiger partial charge in [0.2, 0.25) is 0 Å². The predicted molar refractivity (Wildman–Crippen MR) is 119 cm³/mol. The summed E-state index contributed by atoms with van der Waals surface area (Å²) in [7, 11) is 0. The minimum atomic E-state index is -0.272. The van der Waals surface area contributed by atoms with Gasteiger partial charge in [-0.25, -0.2) is 4.79 Å². The quantitative estimate of drug-likeness (QED) is 0.0868. The second-order valence-electron chi connectivity index (χ2n) is 7.90. The molecule has 0 saturated carbocycles. The number of carbonyl (C=O) groups is 1. The maximum absolute atomic E-state index is 11.5. The molecule has 0 fully saturated rings. The number of carbonyl (C=O) groups excluding carboxylic acids is 1. The van der Waals surface area contributed by atoms with Gasteiger partial charge >= 0.3 is 5.97 Å². The SMILES string of the molecule is C=CCOC(=O)C(=C)CCCCCCCCCCCCCCCCCCC. The Morgan fingerprint density at radius 2 is 1.07 bits per heavy atom. The lowest BCUT2D eigenvalue weighted by atomic mass is 10.0. The summed E-state index contributed by atoms with van der Waals surface area (Å²) in [6, 6.07) is 0. The monoisotopic (exact) mass is 378 g/mol. The normalized spacial score (nSPS) is 10.7. The molecule has 0 aliphatic rings. The van der Waals surface area contributed by atoms with E-state index in [-0.39, 0.29) is 12.6 Å². The van der Waals surface area contributed by atoms with E-state index in [0.29, 0.717) is 5.57 Å². The smallest absolute Gasteiger partial charge is 0.333 e. The molecular formula is C25H46O2. The molecule has 0 saturated heterocycles. The summed E-state index contributed by atoms with van der Waals surface area (Å²) in [5, 5.41) is 0. The predicted octanol–water partition coefficient (Wildman–Crippen LogP) is 8.31. The summed E-state index contributed by atoms with van der Waals surface area (Å²) < 4.78 is 4.98. The van der Waals surface area contributed by atoms with Crippen molar-refractivity contribution in [3.8, 4) is 0 Å². The van der Waals surface area contributed by atoms with E-state index in [2.05, 4.69) is 20.1 Å². The third kappa shape index (κ3) is 19.5. The van der Waals surface area contributed by atoms with Crippen molar-refractivity contribution in [2.75, 3.05) is 6.61 Å². The van der Waals surface area contributed by atoms with E-state index in [0.717, 1.165) is 12.8 Å². The maximum Gasteiger partial charge on any atom is 0.333 e. The van der Waals surface area contributed by atoms with Crippen molar-refractivity contribution in [3.05, 3.63) is 24.8 Å². The molecule has 0 aromatic heterocycles. The first-order chi connectivity index (χ1) is 13.2. The van der Waals surface area contributed by atoms with Crippen LogP contribution in [0, 0.1) is 0 Å². The van der Waals surface area contributed by atoms with Crippen molar-refractivity contribution >= 4 is 5.97 Å². The Hall–Kier alpha value is -1.05. The van der Waals surface area contributed by atoms with Crippen LogP contribution in [0.25, 0.3) is 0 Å². The molecular weight excluding hydrogens is 332 g/mol. The molecule has 2 heteroatoms. The second kappa shape index (κ2) is 21.3. The summed E-state index contributed by atoms with van der Waals surface area (Å²) in [6.45, 7) is 9.90. The standard InChI is InChI=1S/C25H46O2/c1-4-6-7-8-9-10-11-12-13-14-15-16-17-18-19-20-21-22-24(3)25(26)27-23-5-2/h5H,2-4,6-23H2,1H3. The Kier molecular flexibility index (Phi) is 20.4. The van der Waals surface area contributed by atoms with Crippen molar-refractivity contribution in [1.29, 1.82) is 0 Å². The van der Waals surface area contributed by atoms with Crippen LogP contribution in [0.1, 0.15) is 122 Å². The number of esters is 1. The van der Waals surface area contributed by atoms with Crippen molar-refractivity contribution in [2.24, 2.45) is 0 Å². The molecule has 0 rings (SSSR count). The number of rotatable bonds is 21. The highest BCUT2D eigenvalue weighted by Gasteiger charge is 2.06. The Bertz CT molecular complexity index is 359. The van der Waals surface area contributed by atoms with Gasteiger partial charge in [0.15, 0.2) is 0 Å². The summed E-state index contributed by atoms with van der Waals surface area (Å²) >= 11 is 0. The largest absolute Gasteiger partial charge is 0.458 e. The fourth-order valence-electron chi connectivity index (χ4n) is 3.40. The van der Waals surface area contributed by atoms with Crippen LogP contribution in [0.15, 0.2) is 24.8 Å². The molecule has 158 valence electrons. The van der Waals surface area contributed by atoms with Gasteiger partial charge in [-0.2, -0.15) is 0 Å². The van der Waals surface area contributed by atoms with Crippen LogP contribution in [-0.4, -0.2) is 12.6 Å². The molecule has 0 spiro atoms. The van der Waals surface area contributed by atoms with Crippen LogP contribution in [0.3, 0.4) is 0 Å². The van der Waals surface area contributed by atoms with Crippen LogP contribution in [0.5, 0.6) is 0 Å². The van der Waals surface area contributed by atoms with Gasteiger partial charge < -0.3 is 4.74 Å². The Labute approximate surface area is 169 Å². The van der Waals surface area contributed by atoms with E-state index in [1.165, 1.54) is 103 Å². The summed E-state index contributed by atoms with van der Waals surface area (Å²) in [4.78, 5) is 11.5. The van der Waals surface area contributed by atoms with E-state index in [4.69, 9.17) is 4.74 Å². The molecule has 0 bridgehead atoms. The highest BCUT2D eigenvalue weighted by atomic mass is 16.5. The van der Waals surface area contributed by atoms with Gasteiger partial charge in [-0.3, -0.25) is 0 Å². The van der Waals surface area contributed by atoms with E-state index in [1.807, 2.05) is 0 Å². The fourth-order valence-corrected chi connectivity index (χ4v) is 3.40. The zero-order chi connectivity index (χ0) is 20.0. The number of unbranched alkanes of at least 4 members (excludes halogenated alkanes) is 16. The van der Waals surface area contributed by atoms with E-state index < -0.39 is 0 Å². The van der Waals surface area contributed by atoms with Crippen molar-refractivity contribution in [3.63, 3.8) is 0 Å². The van der Waals surface area contributed by atoms with Crippen LogP contribution in [0.2, 0.25) is 0 Å². The van der Waals surface area contributed by atoms with Crippen LogP contribution < -0.4 is 0 Å². The Balaban J connectivity index is 3.17. The molecule has 0 radical (unpaired) electrons. The fraction of sp³-hybridized carbons (Fsp3) is 0.800. The van der Waals surface area contributed by atoms with E-state index in [1.54, 1.807) is 6.08 Å². The topological polar surface area (TPSA) is 26.3 Å². The maximum atomic E-state index is 11.5. The zero-order valence-electron chi connectivity index (χ0n) is 18.2. The minimum Gasteiger partial charge on any atom is -0.458 e. The van der Waals surface area contributed by atoms with Crippen LogP contribution in [0.4, 0.5) is 0 Å². The van der Waals surface area contributed by atoms with Gasteiger partial charge in [-0.15, -0.1) is 0 Å². The molecule has 0 aromatic carbocycles. The van der Waals surface area contributed by atoms with Crippen molar-refractivity contribution < 1.29 is 9.53 Å². The van der Waals surface area contributed by atoms with Crippen LogP contribution in [-0.2, 0) is 9.53 Å². The first-order valence-electron chi connectivity index (χ1n) is 11.7. The lowest BCUT2D eigenvalue weighted by Gasteiger charge is -2.05. The summed E-state index contributed by atoms with van der Waals surface area (Å²) in [5.74, 6) is -0.272. The van der Waals surface area contributed by atoms with E-state index in [9.17, 15) is 4.79 Å². The lowest BCUT2D eigenvalue weighted by Crippen LogP contribution is -2.06. The molecule has 0 unspecified atom stereocenters. The van der Waals surface area contributed by atoms with Gasteiger partial charge in [-0.05, 0) is 12.8 Å². The minimum absolute atomic E-state index is 0.272. The van der Waals surface area contributed by atoms with Gasteiger partial charge in [0.1, 0.15) is 6.61 Å². The Morgan fingerprint density at radius 3 is 1.44 bits per heavy atom. The first-order valence-corrected chi connectivity index (χ1v) is 11.7. The van der Waals surface area contributed by atoms with Crippen LogP contribution >= 0.6 is 0 Å². The highest BCUT2D eigenvalue weighted by molar-refractivity contribution is 5.87. The molecule has 0 atom stereocenters. The molecule has 0 aromatic rings. The third-order valence-corrected chi connectivity index (χ3v) is 5.20. The number of ether oxygens (including phenoxy) is 1. The highest BCUT2D eigenvalue weighted by Crippen LogP contribution is 2.15. The van der Waals surface area contributed by atoms with Gasteiger partial charge in [-0.1, -0.05) is 129 Å². The molecule has 0 N–H and O–H groups in total. The van der Waals surface area contributed by atoms with Gasteiger partial charge in [0, 0.05) is 5.57 Å². The number of hydrogen-bond acceptors (Lipinski definition) is 2. The van der Waals surface area contributed by atoms with E-state index >= 15 is 0 Å². The van der Waals surface area contributed by atoms with Crippen molar-refractivity contribution in [2.45, 2.75) is 122 Å². The second-order valence-corrected chi connectivity index (χ2v) is 7.90. The zero-order valence-corrected chi connectivity index (χ0v) is 18.2. The summed E-state index contributed by atoms with van der Waals surface area (Å²) in [6.07, 6.45) is 25.6. The van der Waals surface area contributed by atoms with Gasteiger partial charge in [0.05, 0.1) is 0 Å². The average Bonchev–Trinajstić information content (AvgIpc) is 2.68. The number of hydrogen-bond donors (Lipinski definition) is 0. The van der Waals surface area contributed by atoms with Gasteiger partial charge in [0.25, 0.3) is 0 Å². The summed E-state index contributed by atoms with van der Waals surface area (Å²) in [5.41, 5.74) is 0.595. The average molecular weight is 379 g/mol. The molecule has 2 nitrogen and oxygen atoms in total. The first kappa shape index (κ1) is 26.0. The van der Waals surface area contributed by atoms with Crippen molar-refractivity contribution in [1.82, 2.24) is 0 Å². The third-order valence-electron chi connectivity index (χ3n) is 5.20.